The van der Waals surface area contributed by atoms with Crippen molar-refractivity contribution < 1.29 is 13.2 Å². The maximum atomic E-state index is 12.7. The van der Waals surface area contributed by atoms with E-state index in [1.54, 1.807) is 37.9 Å². The van der Waals surface area contributed by atoms with Gasteiger partial charge in [0.2, 0.25) is 5.13 Å². The van der Waals surface area contributed by atoms with E-state index in [-0.39, 0.29) is 15.3 Å². The van der Waals surface area contributed by atoms with E-state index in [0.717, 1.165) is 22.2 Å². The molecule has 1 aromatic heterocycles. The number of anilines is 1. The smallest absolute Gasteiger partial charge is 0.264 e. The van der Waals surface area contributed by atoms with Gasteiger partial charge in [0.25, 0.3) is 10.0 Å². The number of thioether (sulfide) groups is 1. The Kier molecular flexibility index (Phi) is 6.49. The van der Waals surface area contributed by atoms with Crippen molar-refractivity contribution in [2.24, 2.45) is 0 Å². The fraction of sp³-hybridized carbons (Fsp3) is 0.222. The van der Waals surface area contributed by atoms with Crippen molar-refractivity contribution in [2.75, 3.05) is 11.8 Å². The minimum atomic E-state index is -3.80. The summed E-state index contributed by atoms with van der Waals surface area (Å²) in [6, 6.07) is 12.4. The second-order valence-corrected chi connectivity index (χ2v) is 10.1. The normalized spacial score (nSPS) is 12.6. The van der Waals surface area contributed by atoms with Gasteiger partial charge in [0.1, 0.15) is 5.75 Å². The van der Waals surface area contributed by atoms with Crippen LogP contribution in [0.4, 0.5) is 5.13 Å². The number of hydrogen-bond donors (Lipinski definition) is 1. The molecule has 0 bridgehead atoms. The van der Waals surface area contributed by atoms with Crippen LogP contribution in [-0.4, -0.2) is 24.9 Å². The molecular formula is C18H18ClN3O3S3. The molecule has 3 aromatic rings. The van der Waals surface area contributed by atoms with Crippen LogP contribution in [0.1, 0.15) is 23.6 Å². The minimum absolute atomic E-state index is 0.0606. The number of sulfonamides is 1. The molecule has 10 heteroatoms. The third kappa shape index (κ3) is 4.78. The van der Waals surface area contributed by atoms with Crippen molar-refractivity contribution in [3.05, 3.63) is 58.9 Å². The highest BCUT2D eigenvalue weighted by molar-refractivity contribution is 7.99. The van der Waals surface area contributed by atoms with Gasteiger partial charge in [-0.2, -0.15) is 4.37 Å². The van der Waals surface area contributed by atoms with Crippen LogP contribution in [0.25, 0.3) is 0 Å². The van der Waals surface area contributed by atoms with Crippen molar-refractivity contribution in [3.8, 4) is 5.75 Å². The fourth-order valence-corrected chi connectivity index (χ4v) is 5.83. The van der Waals surface area contributed by atoms with Gasteiger partial charge in [-0.3, -0.25) is 4.72 Å². The fourth-order valence-electron chi connectivity index (χ4n) is 2.42. The average molecular weight is 456 g/mol. The molecule has 0 fully saturated rings. The minimum Gasteiger partial charge on any atom is -0.497 e. The van der Waals surface area contributed by atoms with Crippen molar-refractivity contribution in [1.29, 1.82) is 0 Å². The summed E-state index contributed by atoms with van der Waals surface area (Å²) in [5.74, 6) is 1.33. The Labute approximate surface area is 177 Å². The zero-order chi connectivity index (χ0) is 20.3. The van der Waals surface area contributed by atoms with E-state index in [0.29, 0.717) is 16.4 Å². The molecule has 0 radical (unpaired) electrons. The van der Waals surface area contributed by atoms with E-state index in [1.165, 1.54) is 6.07 Å². The van der Waals surface area contributed by atoms with E-state index >= 15 is 0 Å². The van der Waals surface area contributed by atoms with Gasteiger partial charge in [0, 0.05) is 21.5 Å². The number of halogens is 1. The van der Waals surface area contributed by atoms with Crippen LogP contribution >= 0.6 is 34.9 Å². The second kappa shape index (κ2) is 8.69. The highest BCUT2D eigenvalue weighted by Gasteiger charge is 2.21. The third-order valence-corrected chi connectivity index (χ3v) is 7.65. The summed E-state index contributed by atoms with van der Waals surface area (Å²) in [4.78, 5) is 5.48. The summed E-state index contributed by atoms with van der Waals surface area (Å²) < 4.78 is 37.4. The number of ether oxygens (including phenoxy) is 1. The third-order valence-electron chi connectivity index (χ3n) is 3.89. The molecule has 1 N–H and O–H groups in total. The van der Waals surface area contributed by atoms with Crippen LogP contribution in [0, 0.1) is 6.92 Å². The van der Waals surface area contributed by atoms with Crippen molar-refractivity contribution in [3.63, 3.8) is 0 Å². The molecule has 6 nitrogen and oxygen atoms in total. The number of rotatable bonds is 7. The molecule has 2 aromatic carbocycles. The number of benzene rings is 2. The number of aromatic nitrogens is 2. The molecule has 0 spiro atoms. The lowest BCUT2D eigenvalue weighted by Crippen LogP contribution is -2.14. The second-order valence-electron chi connectivity index (χ2n) is 5.87. The lowest BCUT2D eigenvalue weighted by molar-refractivity contribution is 0.413. The Bertz CT molecular complexity index is 1090. The van der Waals surface area contributed by atoms with E-state index < -0.39 is 10.0 Å². The monoisotopic (exact) mass is 455 g/mol. The van der Waals surface area contributed by atoms with Crippen LogP contribution < -0.4 is 9.46 Å². The number of nitrogens with zero attached hydrogens (tertiary/aromatic N) is 2. The molecular weight excluding hydrogens is 438 g/mol. The summed E-state index contributed by atoms with van der Waals surface area (Å²) in [7, 11) is -2.18. The summed E-state index contributed by atoms with van der Waals surface area (Å²) >= 11 is 8.61. The molecule has 1 unspecified atom stereocenters. The number of methoxy groups -OCH3 is 1. The first kappa shape index (κ1) is 20.9. The maximum Gasteiger partial charge on any atom is 0.264 e. The SMILES string of the molecule is COc1cccc(SC(C)c2nsc(NS(=O)(=O)c3cccc(Cl)c3C)n2)c1. The molecule has 3 rings (SSSR count). The summed E-state index contributed by atoms with van der Waals surface area (Å²) in [6.07, 6.45) is 0. The Morgan fingerprint density at radius 1 is 1.25 bits per heavy atom. The van der Waals surface area contributed by atoms with Gasteiger partial charge in [0.15, 0.2) is 5.82 Å². The largest absolute Gasteiger partial charge is 0.497 e. The molecule has 0 saturated heterocycles. The van der Waals surface area contributed by atoms with Gasteiger partial charge >= 0.3 is 0 Å². The summed E-state index contributed by atoms with van der Waals surface area (Å²) in [5.41, 5.74) is 0.489. The molecule has 0 aliphatic heterocycles. The molecule has 0 amide bonds. The summed E-state index contributed by atoms with van der Waals surface area (Å²) in [6.45, 7) is 3.63. The Morgan fingerprint density at radius 3 is 2.75 bits per heavy atom. The van der Waals surface area contributed by atoms with Crippen molar-refractivity contribution >= 4 is 50.1 Å². The molecule has 28 heavy (non-hydrogen) atoms. The molecule has 1 atom stereocenters. The predicted molar refractivity (Wildman–Crippen MR) is 114 cm³/mol. The first-order valence-corrected chi connectivity index (χ1v) is 11.7. The van der Waals surface area contributed by atoms with Crippen molar-refractivity contribution in [1.82, 2.24) is 9.36 Å². The number of hydrogen-bond acceptors (Lipinski definition) is 7. The maximum absolute atomic E-state index is 12.7. The van der Waals surface area contributed by atoms with E-state index in [2.05, 4.69) is 14.1 Å². The van der Waals surface area contributed by atoms with E-state index in [1.807, 2.05) is 31.2 Å². The van der Waals surface area contributed by atoms with Crippen LogP contribution in [0.2, 0.25) is 5.02 Å². The Balaban J connectivity index is 1.75. The predicted octanol–water partition coefficient (Wildman–Crippen LogP) is 5.16. The molecule has 0 aliphatic carbocycles. The number of nitrogens with one attached hydrogen (secondary N) is 1. The Hall–Kier alpha value is -1.81. The van der Waals surface area contributed by atoms with Gasteiger partial charge in [-0.25, -0.2) is 13.4 Å². The standard InChI is InChI=1S/C18H18ClN3O3S3/c1-11-15(19)8-5-9-16(11)28(23,24)22-18-20-17(21-27-18)12(2)26-14-7-4-6-13(10-14)25-3/h4-10,12H,1-3H3,(H,20,21,22). The lowest BCUT2D eigenvalue weighted by Gasteiger charge is -2.09. The van der Waals surface area contributed by atoms with Gasteiger partial charge in [-0.1, -0.05) is 23.7 Å². The van der Waals surface area contributed by atoms with Crippen LogP contribution in [-0.2, 0) is 10.0 Å². The first-order valence-electron chi connectivity index (χ1n) is 8.22. The quantitative estimate of drug-likeness (QED) is 0.495. The molecule has 1 heterocycles. The van der Waals surface area contributed by atoms with Gasteiger partial charge in [-0.15, -0.1) is 11.8 Å². The topological polar surface area (TPSA) is 81.2 Å². The van der Waals surface area contributed by atoms with Gasteiger partial charge in [-0.05, 0) is 49.7 Å². The lowest BCUT2D eigenvalue weighted by atomic mass is 10.2. The first-order chi connectivity index (χ1) is 13.3. The van der Waals surface area contributed by atoms with Crippen molar-refractivity contribution in [2.45, 2.75) is 28.9 Å². The zero-order valence-electron chi connectivity index (χ0n) is 15.3. The Morgan fingerprint density at radius 2 is 2.00 bits per heavy atom. The highest BCUT2D eigenvalue weighted by atomic mass is 35.5. The van der Waals surface area contributed by atoms with Gasteiger partial charge < -0.3 is 4.74 Å². The van der Waals surface area contributed by atoms with Gasteiger partial charge in [0.05, 0.1) is 17.3 Å². The van der Waals surface area contributed by atoms with Crippen LogP contribution in [0.15, 0.2) is 52.3 Å². The molecule has 0 saturated carbocycles. The van der Waals surface area contributed by atoms with E-state index in [9.17, 15) is 8.42 Å². The average Bonchev–Trinajstić information content (AvgIpc) is 3.12. The summed E-state index contributed by atoms with van der Waals surface area (Å²) in [5, 5.41) is 0.547. The van der Waals surface area contributed by atoms with E-state index in [4.69, 9.17) is 16.3 Å². The highest BCUT2D eigenvalue weighted by Crippen LogP contribution is 2.36. The van der Waals surface area contributed by atoms with Crippen LogP contribution in [0.5, 0.6) is 5.75 Å². The zero-order valence-corrected chi connectivity index (χ0v) is 18.5. The molecule has 0 aliphatic rings. The van der Waals surface area contributed by atoms with Crippen LogP contribution in [0.3, 0.4) is 0 Å². The molecule has 148 valence electrons.